The number of anilines is 1. The fourth-order valence-corrected chi connectivity index (χ4v) is 3.09. The maximum absolute atomic E-state index is 13.2. The van der Waals surface area contributed by atoms with Crippen molar-refractivity contribution in [3.63, 3.8) is 0 Å². The Balaban J connectivity index is 2.21. The van der Waals surface area contributed by atoms with Crippen LogP contribution in [-0.4, -0.2) is 37.5 Å². The summed E-state index contributed by atoms with van der Waals surface area (Å²) in [6, 6.07) is 12.2. The molecule has 6 nitrogen and oxygen atoms in total. The quantitative estimate of drug-likeness (QED) is 0.666. The third-order valence-corrected chi connectivity index (χ3v) is 4.56. The molecule has 0 aliphatic rings. The molecule has 0 heterocycles. The number of rotatable bonds is 8. The molecule has 0 bridgehead atoms. The monoisotopic (exact) mass is 416 g/mol. The predicted octanol–water partition coefficient (Wildman–Crippen LogP) is 3.67. The van der Waals surface area contributed by atoms with E-state index in [9.17, 15) is 14.4 Å². The fraction of sp³-hybridized carbons (Fsp3) is 0.318. The molecule has 1 N–H and O–H groups in total. The van der Waals surface area contributed by atoms with Crippen LogP contribution in [0.2, 0.25) is 5.02 Å². The number of nitrogens with one attached hydrogen (secondary N) is 1. The summed E-state index contributed by atoms with van der Waals surface area (Å²) in [5, 5.41) is 3.20. The van der Waals surface area contributed by atoms with Crippen LogP contribution >= 0.6 is 11.6 Å². The highest BCUT2D eigenvalue weighted by Crippen LogP contribution is 2.26. The number of hydrogen-bond donors (Lipinski definition) is 1. The Morgan fingerprint density at radius 3 is 2.24 bits per heavy atom. The molecular formula is C22H25ClN2O4. The highest BCUT2D eigenvalue weighted by Gasteiger charge is 2.23. The van der Waals surface area contributed by atoms with Crippen molar-refractivity contribution in [2.24, 2.45) is 0 Å². The lowest BCUT2D eigenvalue weighted by Crippen LogP contribution is -2.42. The number of aryl methyl sites for hydroxylation is 2. The van der Waals surface area contributed by atoms with Gasteiger partial charge in [-0.05, 0) is 56.2 Å². The van der Waals surface area contributed by atoms with Crippen molar-refractivity contribution >= 4 is 35.1 Å². The summed E-state index contributed by atoms with van der Waals surface area (Å²) >= 11 is 5.93. The first-order valence-corrected chi connectivity index (χ1v) is 9.77. The number of nitrogens with zero attached hydrogens (tertiary/aromatic N) is 1. The lowest BCUT2D eigenvalue weighted by atomic mass is 10.1. The summed E-state index contributed by atoms with van der Waals surface area (Å²) in [4.78, 5) is 38.6. The number of carbonyl (C=O) groups excluding carboxylic acids is 3. The van der Waals surface area contributed by atoms with Gasteiger partial charge in [-0.1, -0.05) is 29.8 Å². The van der Waals surface area contributed by atoms with E-state index in [-0.39, 0.29) is 37.3 Å². The van der Waals surface area contributed by atoms with Gasteiger partial charge >= 0.3 is 5.97 Å². The van der Waals surface area contributed by atoms with E-state index in [2.05, 4.69) is 5.32 Å². The summed E-state index contributed by atoms with van der Waals surface area (Å²) in [6.45, 7) is 5.78. The van der Waals surface area contributed by atoms with Crippen LogP contribution in [0.25, 0.3) is 0 Å². The third-order valence-electron chi connectivity index (χ3n) is 4.30. The van der Waals surface area contributed by atoms with E-state index >= 15 is 0 Å². The van der Waals surface area contributed by atoms with E-state index in [1.54, 1.807) is 31.2 Å². The lowest BCUT2D eigenvalue weighted by molar-refractivity contribution is -0.143. The molecule has 0 saturated heterocycles. The number of halogens is 1. The fourth-order valence-electron chi connectivity index (χ4n) is 2.97. The van der Waals surface area contributed by atoms with Gasteiger partial charge in [-0.25, -0.2) is 0 Å². The van der Waals surface area contributed by atoms with Crippen molar-refractivity contribution in [3.8, 4) is 0 Å². The molecule has 2 aromatic rings. The van der Waals surface area contributed by atoms with Crippen molar-refractivity contribution in [2.45, 2.75) is 27.2 Å². The van der Waals surface area contributed by atoms with E-state index in [0.717, 1.165) is 11.1 Å². The van der Waals surface area contributed by atoms with Crippen molar-refractivity contribution in [3.05, 3.63) is 64.2 Å². The molecular weight excluding hydrogens is 392 g/mol. The van der Waals surface area contributed by atoms with E-state index in [4.69, 9.17) is 16.3 Å². The second-order valence-corrected chi connectivity index (χ2v) is 6.98. The Morgan fingerprint density at radius 2 is 1.66 bits per heavy atom. The molecule has 0 unspecified atom stereocenters. The van der Waals surface area contributed by atoms with E-state index in [0.29, 0.717) is 22.9 Å². The summed E-state index contributed by atoms with van der Waals surface area (Å²) < 4.78 is 4.85. The number of esters is 1. The number of hydrogen-bond acceptors (Lipinski definition) is 4. The van der Waals surface area contributed by atoms with Crippen LogP contribution in [0.5, 0.6) is 0 Å². The van der Waals surface area contributed by atoms with Gasteiger partial charge in [0.05, 0.1) is 18.7 Å². The standard InChI is InChI=1S/C22H25ClN2O4/c1-4-29-20(27)12-13-24-19(26)14-25(21-15(2)6-5-7-16(21)3)22(28)17-8-10-18(23)11-9-17/h5-11H,4,12-14H2,1-3H3,(H,24,26). The minimum atomic E-state index is -0.378. The van der Waals surface area contributed by atoms with Crippen LogP contribution in [0.3, 0.4) is 0 Å². The zero-order chi connectivity index (χ0) is 21.4. The lowest BCUT2D eigenvalue weighted by Gasteiger charge is -2.26. The molecule has 29 heavy (non-hydrogen) atoms. The molecule has 0 fully saturated rings. The Labute approximate surface area is 175 Å². The first-order valence-electron chi connectivity index (χ1n) is 9.39. The molecule has 0 spiro atoms. The van der Waals surface area contributed by atoms with Crippen molar-refractivity contribution in [1.82, 2.24) is 5.32 Å². The minimum absolute atomic E-state index is 0.0775. The number of carbonyl (C=O) groups is 3. The van der Waals surface area contributed by atoms with Crippen LogP contribution in [0.15, 0.2) is 42.5 Å². The summed E-state index contributed by atoms with van der Waals surface area (Å²) in [5.41, 5.74) is 2.88. The van der Waals surface area contributed by atoms with Crippen molar-refractivity contribution in [2.75, 3.05) is 24.6 Å². The zero-order valence-corrected chi connectivity index (χ0v) is 17.6. The summed E-state index contributed by atoms with van der Waals surface area (Å²) in [7, 11) is 0. The average Bonchev–Trinajstić information content (AvgIpc) is 2.67. The van der Waals surface area contributed by atoms with Gasteiger partial charge in [-0.2, -0.15) is 0 Å². The zero-order valence-electron chi connectivity index (χ0n) is 16.8. The molecule has 0 aliphatic heterocycles. The molecule has 2 amide bonds. The summed E-state index contributed by atoms with van der Waals surface area (Å²) in [6.07, 6.45) is 0.0775. The summed E-state index contributed by atoms with van der Waals surface area (Å²) in [5.74, 6) is -1.05. The van der Waals surface area contributed by atoms with Gasteiger partial charge in [0.2, 0.25) is 5.91 Å². The topological polar surface area (TPSA) is 75.7 Å². The molecule has 0 saturated carbocycles. The molecule has 2 rings (SSSR count). The van der Waals surface area contributed by atoms with Crippen LogP contribution < -0.4 is 10.2 Å². The van der Waals surface area contributed by atoms with Crippen LogP contribution in [-0.2, 0) is 14.3 Å². The first-order chi connectivity index (χ1) is 13.8. The van der Waals surface area contributed by atoms with Crippen molar-refractivity contribution in [1.29, 1.82) is 0 Å². The van der Waals surface area contributed by atoms with Gasteiger partial charge < -0.3 is 10.1 Å². The highest BCUT2D eigenvalue weighted by atomic mass is 35.5. The molecule has 0 aliphatic carbocycles. The molecule has 0 aromatic heterocycles. The Morgan fingerprint density at radius 1 is 1.03 bits per heavy atom. The number of benzene rings is 2. The normalized spacial score (nSPS) is 10.3. The van der Waals surface area contributed by atoms with Gasteiger partial charge in [0.1, 0.15) is 6.54 Å². The second kappa shape index (κ2) is 10.6. The Kier molecular flexibility index (Phi) is 8.21. The highest BCUT2D eigenvalue weighted by molar-refractivity contribution is 6.30. The van der Waals surface area contributed by atoms with E-state index in [1.807, 2.05) is 32.0 Å². The van der Waals surface area contributed by atoms with Gasteiger partial charge in [0.15, 0.2) is 0 Å². The molecule has 0 radical (unpaired) electrons. The van der Waals surface area contributed by atoms with E-state index < -0.39 is 0 Å². The van der Waals surface area contributed by atoms with Crippen LogP contribution in [0.1, 0.15) is 34.8 Å². The predicted molar refractivity (Wildman–Crippen MR) is 113 cm³/mol. The van der Waals surface area contributed by atoms with Gasteiger partial charge in [-0.3, -0.25) is 19.3 Å². The first kappa shape index (κ1) is 22.4. The Hall–Kier alpha value is -2.86. The molecule has 154 valence electrons. The number of ether oxygens (including phenoxy) is 1. The number of para-hydroxylation sites is 1. The average molecular weight is 417 g/mol. The molecule has 2 aromatic carbocycles. The van der Waals surface area contributed by atoms with Gasteiger partial charge in [0, 0.05) is 17.1 Å². The van der Waals surface area contributed by atoms with E-state index in [1.165, 1.54) is 4.90 Å². The SMILES string of the molecule is CCOC(=O)CCNC(=O)CN(C(=O)c1ccc(Cl)cc1)c1c(C)cccc1C. The van der Waals surface area contributed by atoms with Crippen LogP contribution in [0.4, 0.5) is 5.69 Å². The Bertz CT molecular complexity index is 861. The minimum Gasteiger partial charge on any atom is -0.466 e. The molecule has 7 heteroatoms. The third kappa shape index (κ3) is 6.32. The maximum atomic E-state index is 13.2. The van der Waals surface area contributed by atoms with Crippen LogP contribution in [0, 0.1) is 13.8 Å². The van der Waals surface area contributed by atoms with Gasteiger partial charge in [-0.15, -0.1) is 0 Å². The largest absolute Gasteiger partial charge is 0.466 e. The van der Waals surface area contributed by atoms with Gasteiger partial charge in [0.25, 0.3) is 5.91 Å². The smallest absolute Gasteiger partial charge is 0.307 e. The number of amides is 2. The maximum Gasteiger partial charge on any atom is 0.307 e. The molecule has 0 atom stereocenters. The van der Waals surface area contributed by atoms with Crippen molar-refractivity contribution < 1.29 is 19.1 Å². The second-order valence-electron chi connectivity index (χ2n) is 6.54.